The van der Waals surface area contributed by atoms with E-state index in [-0.39, 0.29) is 5.60 Å². The second kappa shape index (κ2) is 2.96. The van der Waals surface area contributed by atoms with Crippen LogP contribution in [0.1, 0.15) is 57.8 Å². The number of hydrogen-bond acceptors (Lipinski definition) is 2. The molecule has 0 bridgehead atoms. The van der Waals surface area contributed by atoms with E-state index >= 15 is 0 Å². The molecule has 0 aromatic heterocycles. The predicted molar refractivity (Wildman–Crippen MR) is 53.8 cm³/mol. The first kappa shape index (κ1) is 9.17. The van der Waals surface area contributed by atoms with E-state index in [2.05, 4.69) is 0 Å². The number of aliphatic hydroxyl groups is 1. The van der Waals surface area contributed by atoms with Gasteiger partial charge in [0.2, 0.25) is 0 Å². The quantitative estimate of drug-likeness (QED) is 0.654. The normalized spacial score (nSPS) is 48.6. The van der Waals surface area contributed by atoms with Crippen LogP contribution in [0.25, 0.3) is 0 Å². The topological polar surface area (TPSA) is 32.8 Å². The molecule has 2 aliphatic carbocycles. The van der Waals surface area contributed by atoms with E-state index in [1.54, 1.807) is 0 Å². The summed E-state index contributed by atoms with van der Waals surface area (Å²) < 4.78 is 5.75. The Balaban J connectivity index is 1.76. The van der Waals surface area contributed by atoms with Gasteiger partial charge in [-0.2, -0.15) is 0 Å². The molecule has 3 rings (SSSR count). The molecule has 2 atom stereocenters. The summed E-state index contributed by atoms with van der Waals surface area (Å²) in [6, 6.07) is 0. The smallest absolute Gasteiger partial charge is 0.196 e. The van der Waals surface area contributed by atoms with Gasteiger partial charge in [0, 0.05) is 6.42 Å². The average Bonchev–Trinajstić information content (AvgIpc) is 2.87. The summed E-state index contributed by atoms with van der Waals surface area (Å²) in [6.07, 6.45) is 11.0. The summed E-state index contributed by atoms with van der Waals surface area (Å²) >= 11 is 0. The van der Waals surface area contributed by atoms with Gasteiger partial charge in [0.15, 0.2) is 5.79 Å². The van der Waals surface area contributed by atoms with Crippen LogP contribution in [0.3, 0.4) is 0 Å². The standard InChI is InChI=1S/C12H20O2/c13-12-9-5-4-8-11(12,14-12)10-6-2-1-3-7-10/h10,13H,1-9H2. The van der Waals surface area contributed by atoms with Gasteiger partial charge in [-0.15, -0.1) is 0 Å². The number of rotatable bonds is 1. The largest absolute Gasteiger partial charge is 0.363 e. The molecule has 3 aliphatic rings. The third-order valence-electron chi connectivity index (χ3n) is 4.55. The molecular formula is C12H20O2. The van der Waals surface area contributed by atoms with Gasteiger partial charge in [-0.25, -0.2) is 0 Å². The first-order valence-electron chi connectivity index (χ1n) is 6.19. The summed E-state index contributed by atoms with van der Waals surface area (Å²) in [5, 5.41) is 10.2. The van der Waals surface area contributed by atoms with Gasteiger partial charge in [0.1, 0.15) is 5.60 Å². The molecule has 1 N–H and O–H groups in total. The number of epoxide rings is 1. The molecule has 0 radical (unpaired) electrons. The minimum Gasteiger partial charge on any atom is -0.363 e. The third-order valence-corrected chi connectivity index (χ3v) is 4.55. The first-order valence-corrected chi connectivity index (χ1v) is 6.19. The van der Waals surface area contributed by atoms with Crippen molar-refractivity contribution in [2.75, 3.05) is 0 Å². The van der Waals surface area contributed by atoms with E-state index in [9.17, 15) is 5.11 Å². The SMILES string of the molecule is OC12CCCCC1(C1CCCCC1)O2. The lowest BCUT2D eigenvalue weighted by atomic mass is 9.72. The molecule has 0 spiro atoms. The van der Waals surface area contributed by atoms with Gasteiger partial charge in [-0.1, -0.05) is 25.7 Å². The molecule has 14 heavy (non-hydrogen) atoms. The second-order valence-electron chi connectivity index (χ2n) is 5.32. The van der Waals surface area contributed by atoms with Crippen molar-refractivity contribution in [1.29, 1.82) is 0 Å². The predicted octanol–water partition coefficient (Wildman–Crippen LogP) is 2.60. The van der Waals surface area contributed by atoms with Crippen molar-refractivity contribution in [2.45, 2.75) is 69.2 Å². The van der Waals surface area contributed by atoms with Crippen molar-refractivity contribution in [3.05, 3.63) is 0 Å². The Hall–Kier alpha value is -0.0800. The van der Waals surface area contributed by atoms with Crippen molar-refractivity contribution in [3.8, 4) is 0 Å². The van der Waals surface area contributed by atoms with E-state index in [1.165, 1.54) is 38.5 Å². The minimum atomic E-state index is -0.701. The zero-order valence-corrected chi connectivity index (χ0v) is 8.80. The van der Waals surface area contributed by atoms with E-state index < -0.39 is 5.79 Å². The van der Waals surface area contributed by atoms with Gasteiger partial charge >= 0.3 is 0 Å². The van der Waals surface area contributed by atoms with Crippen molar-refractivity contribution in [3.63, 3.8) is 0 Å². The lowest BCUT2D eigenvalue weighted by Crippen LogP contribution is -2.37. The molecule has 2 unspecified atom stereocenters. The van der Waals surface area contributed by atoms with Crippen LogP contribution in [-0.4, -0.2) is 16.5 Å². The number of hydrogen-bond donors (Lipinski definition) is 1. The first-order chi connectivity index (χ1) is 6.77. The highest BCUT2D eigenvalue weighted by Gasteiger charge is 2.72. The van der Waals surface area contributed by atoms with Crippen LogP contribution in [0.5, 0.6) is 0 Å². The molecular weight excluding hydrogens is 176 g/mol. The Labute approximate surface area is 85.6 Å². The molecule has 1 heterocycles. The summed E-state index contributed by atoms with van der Waals surface area (Å²) in [7, 11) is 0. The highest BCUT2D eigenvalue weighted by molar-refractivity contribution is 5.14. The fourth-order valence-corrected chi connectivity index (χ4v) is 3.71. The van der Waals surface area contributed by atoms with Gasteiger partial charge in [-0.05, 0) is 31.6 Å². The van der Waals surface area contributed by atoms with Crippen LogP contribution < -0.4 is 0 Å². The molecule has 1 aliphatic heterocycles. The molecule has 1 saturated heterocycles. The van der Waals surface area contributed by atoms with Crippen molar-refractivity contribution in [1.82, 2.24) is 0 Å². The Morgan fingerprint density at radius 3 is 2.36 bits per heavy atom. The summed E-state index contributed by atoms with van der Waals surface area (Å²) in [4.78, 5) is 0. The van der Waals surface area contributed by atoms with Gasteiger partial charge in [-0.3, -0.25) is 0 Å². The maximum absolute atomic E-state index is 10.2. The molecule has 2 heteroatoms. The molecule has 2 saturated carbocycles. The molecule has 0 aromatic rings. The lowest BCUT2D eigenvalue weighted by molar-refractivity contribution is 0.0214. The van der Waals surface area contributed by atoms with Crippen LogP contribution in [0, 0.1) is 5.92 Å². The summed E-state index contributed by atoms with van der Waals surface area (Å²) in [5.41, 5.74) is -0.0916. The summed E-state index contributed by atoms with van der Waals surface area (Å²) in [5.74, 6) is -0.0469. The maximum atomic E-state index is 10.2. The van der Waals surface area contributed by atoms with Gasteiger partial charge in [0.05, 0.1) is 0 Å². The van der Waals surface area contributed by atoms with E-state index in [0.717, 1.165) is 19.3 Å². The Kier molecular flexibility index (Phi) is 1.94. The monoisotopic (exact) mass is 196 g/mol. The molecule has 2 nitrogen and oxygen atoms in total. The highest BCUT2D eigenvalue weighted by atomic mass is 16.8. The Morgan fingerprint density at radius 1 is 0.929 bits per heavy atom. The van der Waals surface area contributed by atoms with Gasteiger partial charge in [0.25, 0.3) is 0 Å². The number of fused-ring (bicyclic) bond motifs is 1. The maximum Gasteiger partial charge on any atom is 0.196 e. The van der Waals surface area contributed by atoms with Crippen LogP contribution in [0.15, 0.2) is 0 Å². The van der Waals surface area contributed by atoms with Crippen molar-refractivity contribution in [2.24, 2.45) is 5.92 Å². The molecule has 0 aromatic carbocycles. The zero-order valence-electron chi connectivity index (χ0n) is 8.80. The molecule has 0 amide bonds. The minimum absolute atomic E-state index is 0.0916. The van der Waals surface area contributed by atoms with Crippen LogP contribution in [0.4, 0.5) is 0 Å². The lowest BCUT2D eigenvalue weighted by Gasteiger charge is -2.31. The highest BCUT2D eigenvalue weighted by Crippen LogP contribution is 2.62. The fraction of sp³-hybridized carbons (Fsp3) is 1.00. The second-order valence-corrected chi connectivity index (χ2v) is 5.32. The molecule has 3 fully saturated rings. The summed E-state index contributed by atoms with van der Waals surface area (Å²) in [6.45, 7) is 0. The molecule has 80 valence electrons. The Morgan fingerprint density at radius 2 is 1.64 bits per heavy atom. The van der Waals surface area contributed by atoms with E-state index in [1.807, 2.05) is 0 Å². The zero-order chi connectivity index (χ0) is 9.65. The number of ether oxygens (including phenoxy) is 1. The van der Waals surface area contributed by atoms with Crippen molar-refractivity contribution >= 4 is 0 Å². The van der Waals surface area contributed by atoms with E-state index in [4.69, 9.17) is 4.74 Å². The van der Waals surface area contributed by atoms with E-state index in [0.29, 0.717) is 5.92 Å². The average molecular weight is 196 g/mol. The third kappa shape index (κ3) is 1.10. The van der Waals surface area contributed by atoms with Gasteiger partial charge < -0.3 is 9.84 Å². The van der Waals surface area contributed by atoms with Crippen LogP contribution >= 0.6 is 0 Å². The Bertz CT molecular complexity index is 230. The van der Waals surface area contributed by atoms with Crippen LogP contribution in [0.2, 0.25) is 0 Å². The fourth-order valence-electron chi connectivity index (χ4n) is 3.71. The van der Waals surface area contributed by atoms with Crippen molar-refractivity contribution < 1.29 is 9.84 Å². The van der Waals surface area contributed by atoms with Crippen LogP contribution in [-0.2, 0) is 4.74 Å².